The molecule has 4 nitrogen and oxygen atoms in total. The van der Waals surface area contributed by atoms with Crippen LogP contribution in [0.5, 0.6) is 0 Å². The van der Waals surface area contributed by atoms with E-state index in [0.717, 1.165) is 25.0 Å². The average molecular weight is 196 g/mol. The predicted molar refractivity (Wildman–Crippen MR) is 52.7 cm³/mol. The monoisotopic (exact) mass is 196 g/mol. The number of aromatic nitrogens is 1. The highest BCUT2D eigenvalue weighted by Gasteiger charge is 2.00. The van der Waals surface area contributed by atoms with Gasteiger partial charge in [-0.15, -0.1) is 0 Å². The third-order valence-corrected chi connectivity index (χ3v) is 1.94. The van der Waals surface area contributed by atoms with Crippen LogP contribution in [0.3, 0.4) is 0 Å². The molecule has 1 amide bonds. The van der Waals surface area contributed by atoms with E-state index in [2.05, 4.69) is 17.2 Å². The van der Waals surface area contributed by atoms with Crippen LogP contribution in [-0.2, 0) is 11.2 Å². The highest BCUT2D eigenvalue weighted by molar-refractivity contribution is 5.75. The summed E-state index contributed by atoms with van der Waals surface area (Å²) >= 11 is 0. The molecule has 1 aromatic rings. The summed E-state index contributed by atoms with van der Waals surface area (Å²) in [5.74, 6) is 0.121. The van der Waals surface area contributed by atoms with Crippen molar-refractivity contribution in [2.45, 2.75) is 32.6 Å². The number of carbonyl (C=O) groups is 1. The molecule has 0 spiro atoms. The van der Waals surface area contributed by atoms with E-state index in [1.807, 2.05) is 0 Å². The Morgan fingerprint density at radius 3 is 3.14 bits per heavy atom. The summed E-state index contributed by atoms with van der Waals surface area (Å²) in [6.45, 7) is 2.71. The zero-order valence-corrected chi connectivity index (χ0v) is 8.45. The van der Waals surface area contributed by atoms with Crippen LogP contribution < -0.4 is 5.32 Å². The minimum absolute atomic E-state index is 0.121. The van der Waals surface area contributed by atoms with Crippen molar-refractivity contribution in [2.24, 2.45) is 0 Å². The van der Waals surface area contributed by atoms with Gasteiger partial charge in [0, 0.05) is 19.4 Å². The molecule has 0 saturated carbocycles. The molecule has 0 aromatic carbocycles. The lowest BCUT2D eigenvalue weighted by molar-refractivity contribution is -0.121. The lowest BCUT2D eigenvalue weighted by Gasteiger charge is -2.02. The molecule has 0 radical (unpaired) electrons. The first-order chi connectivity index (χ1) is 6.83. The van der Waals surface area contributed by atoms with Crippen molar-refractivity contribution in [1.82, 2.24) is 10.3 Å². The third-order valence-electron chi connectivity index (χ3n) is 1.94. The van der Waals surface area contributed by atoms with Gasteiger partial charge in [-0.2, -0.15) is 0 Å². The molecule has 1 rings (SSSR count). The number of oxazole rings is 1. The number of nitrogens with one attached hydrogen (secondary N) is 1. The fourth-order valence-electron chi connectivity index (χ4n) is 1.12. The number of unbranched alkanes of at least 4 members (excludes halogenated alkanes) is 1. The van der Waals surface area contributed by atoms with Crippen LogP contribution in [0.15, 0.2) is 17.1 Å². The first kappa shape index (κ1) is 10.8. The van der Waals surface area contributed by atoms with E-state index in [9.17, 15) is 4.79 Å². The minimum Gasteiger partial charge on any atom is -0.451 e. The van der Waals surface area contributed by atoms with E-state index in [4.69, 9.17) is 4.42 Å². The smallest absolute Gasteiger partial charge is 0.220 e. The van der Waals surface area contributed by atoms with Gasteiger partial charge in [-0.1, -0.05) is 13.3 Å². The van der Waals surface area contributed by atoms with Gasteiger partial charge < -0.3 is 9.73 Å². The van der Waals surface area contributed by atoms with Gasteiger partial charge in [0.1, 0.15) is 6.26 Å². The van der Waals surface area contributed by atoms with E-state index in [-0.39, 0.29) is 5.91 Å². The molecule has 0 unspecified atom stereocenters. The summed E-state index contributed by atoms with van der Waals surface area (Å²) in [5.41, 5.74) is 0.876. The quantitative estimate of drug-likeness (QED) is 0.750. The first-order valence-electron chi connectivity index (χ1n) is 4.96. The molecule has 1 aromatic heterocycles. The second-order valence-corrected chi connectivity index (χ2v) is 3.18. The zero-order chi connectivity index (χ0) is 10.2. The normalized spacial score (nSPS) is 10.1. The van der Waals surface area contributed by atoms with Crippen molar-refractivity contribution < 1.29 is 9.21 Å². The maximum absolute atomic E-state index is 11.2. The van der Waals surface area contributed by atoms with Crippen LogP contribution in [0.25, 0.3) is 0 Å². The van der Waals surface area contributed by atoms with Crippen LogP contribution in [0.2, 0.25) is 0 Å². The van der Waals surface area contributed by atoms with Gasteiger partial charge in [-0.3, -0.25) is 4.79 Å². The molecule has 0 bridgehead atoms. The van der Waals surface area contributed by atoms with E-state index >= 15 is 0 Å². The van der Waals surface area contributed by atoms with E-state index in [0.29, 0.717) is 13.0 Å². The van der Waals surface area contributed by atoms with Gasteiger partial charge in [0.15, 0.2) is 6.39 Å². The number of rotatable bonds is 6. The van der Waals surface area contributed by atoms with Crippen molar-refractivity contribution in [3.63, 3.8) is 0 Å². The molecule has 14 heavy (non-hydrogen) atoms. The van der Waals surface area contributed by atoms with Crippen LogP contribution in [0.4, 0.5) is 0 Å². The minimum atomic E-state index is 0.121. The summed E-state index contributed by atoms with van der Waals surface area (Å²) < 4.78 is 4.81. The second-order valence-electron chi connectivity index (χ2n) is 3.18. The first-order valence-corrected chi connectivity index (χ1v) is 4.96. The SMILES string of the molecule is CCCCC(=O)NCCc1cocn1. The van der Waals surface area contributed by atoms with E-state index in [1.165, 1.54) is 6.39 Å². The maximum Gasteiger partial charge on any atom is 0.220 e. The molecule has 0 saturated heterocycles. The Morgan fingerprint density at radius 2 is 2.50 bits per heavy atom. The van der Waals surface area contributed by atoms with Crippen molar-refractivity contribution in [1.29, 1.82) is 0 Å². The molecule has 4 heteroatoms. The van der Waals surface area contributed by atoms with Crippen molar-refractivity contribution in [3.05, 3.63) is 18.4 Å². The number of amides is 1. The Bertz CT molecular complexity index is 257. The number of hydrogen-bond acceptors (Lipinski definition) is 3. The lowest BCUT2D eigenvalue weighted by Crippen LogP contribution is -2.25. The highest BCUT2D eigenvalue weighted by Crippen LogP contribution is 1.95. The topological polar surface area (TPSA) is 55.1 Å². The molecule has 1 N–H and O–H groups in total. The Hall–Kier alpha value is -1.32. The molecule has 0 aliphatic rings. The van der Waals surface area contributed by atoms with Crippen molar-refractivity contribution >= 4 is 5.91 Å². The van der Waals surface area contributed by atoms with Gasteiger partial charge in [0.25, 0.3) is 0 Å². The van der Waals surface area contributed by atoms with E-state index in [1.54, 1.807) is 6.26 Å². The summed E-state index contributed by atoms with van der Waals surface area (Å²) in [6, 6.07) is 0. The zero-order valence-electron chi connectivity index (χ0n) is 8.45. The fraction of sp³-hybridized carbons (Fsp3) is 0.600. The van der Waals surface area contributed by atoms with Crippen LogP contribution >= 0.6 is 0 Å². The molecule has 0 aliphatic carbocycles. The molecule has 78 valence electrons. The Morgan fingerprint density at radius 1 is 1.64 bits per heavy atom. The largest absolute Gasteiger partial charge is 0.451 e. The lowest BCUT2D eigenvalue weighted by atomic mass is 10.2. The summed E-state index contributed by atoms with van der Waals surface area (Å²) in [7, 11) is 0. The molecule has 1 heterocycles. The predicted octanol–water partition coefficient (Wildman–Crippen LogP) is 1.52. The standard InChI is InChI=1S/C10H16N2O2/c1-2-3-4-10(13)11-6-5-9-7-14-8-12-9/h7-8H,2-6H2,1H3,(H,11,13). The molecular weight excluding hydrogens is 180 g/mol. The molecule has 0 fully saturated rings. The van der Waals surface area contributed by atoms with Gasteiger partial charge >= 0.3 is 0 Å². The molecular formula is C10H16N2O2. The number of carbonyl (C=O) groups excluding carboxylic acids is 1. The van der Waals surface area contributed by atoms with E-state index < -0.39 is 0 Å². The Kier molecular flexibility index (Phi) is 4.75. The maximum atomic E-state index is 11.2. The van der Waals surface area contributed by atoms with Gasteiger partial charge in [-0.05, 0) is 6.42 Å². The third kappa shape index (κ3) is 4.07. The molecule has 0 atom stereocenters. The molecule has 0 aliphatic heterocycles. The fourth-order valence-corrected chi connectivity index (χ4v) is 1.12. The Labute approximate surface area is 83.7 Å². The van der Waals surface area contributed by atoms with Gasteiger partial charge in [0.2, 0.25) is 5.91 Å². The summed E-state index contributed by atoms with van der Waals surface area (Å²) in [4.78, 5) is 15.1. The summed E-state index contributed by atoms with van der Waals surface area (Å²) in [6.07, 6.45) is 6.35. The number of hydrogen-bond donors (Lipinski definition) is 1. The highest BCUT2D eigenvalue weighted by atomic mass is 16.3. The van der Waals surface area contributed by atoms with Crippen LogP contribution in [0, 0.1) is 0 Å². The summed E-state index contributed by atoms with van der Waals surface area (Å²) in [5, 5.41) is 2.84. The van der Waals surface area contributed by atoms with Gasteiger partial charge in [-0.25, -0.2) is 4.98 Å². The second kappa shape index (κ2) is 6.18. The van der Waals surface area contributed by atoms with Crippen LogP contribution in [0.1, 0.15) is 31.9 Å². The Balaban J connectivity index is 2.06. The van der Waals surface area contributed by atoms with Gasteiger partial charge in [0.05, 0.1) is 5.69 Å². The van der Waals surface area contributed by atoms with Crippen LogP contribution in [-0.4, -0.2) is 17.4 Å². The van der Waals surface area contributed by atoms with Crippen molar-refractivity contribution in [3.8, 4) is 0 Å². The van der Waals surface area contributed by atoms with Crippen molar-refractivity contribution in [2.75, 3.05) is 6.54 Å². The average Bonchev–Trinajstić information content (AvgIpc) is 2.67. The number of nitrogens with zero attached hydrogens (tertiary/aromatic N) is 1.